The lowest BCUT2D eigenvalue weighted by Gasteiger charge is -2.01. The van der Waals surface area contributed by atoms with E-state index in [2.05, 4.69) is 6.92 Å². The zero-order valence-electron chi connectivity index (χ0n) is 10.3. The van der Waals surface area contributed by atoms with Gasteiger partial charge in [0, 0.05) is 6.61 Å². The van der Waals surface area contributed by atoms with Gasteiger partial charge in [0.05, 0.1) is 5.56 Å². The van der Waals surface area contributed by atoms with Crippen LogP contribution in [-0.2, 0) is 11.3 Å². The summed E-state index contributed by atoms with van der Waals surface area (Å²) in [6.45, 7) is 3.24. The third kappa shape index (κ3) is 5.54. The largest absolute Gasteiger partial charge is 0.478 e. The van der Waals surface area contributed by atoms with Crippen LogP contribution in [0.5, 0.6) is 0 Å². The van der Waals surface area contributed by atoms with Crippen LogP contribution in [0.3, 0.4) is 0 Å². The molecule has 1 aromatic heterocycles. The van der Waals surface area contributed by atoms with Gasteiger partial charge in [-0.3, -0.25) is 0 Å². The lowest BCUT2D eigenvalue weighted by atomic mass is 10.2. The maximum Gasteiger partial charge on any atom is 0.338 e. The molecule has 0 unspecified atom stereocenters. The fraction of sp³-hybridized carbons (Fsp3) is 0.615. The van der Waals surface area contributed by atoms with E-state index in [-0.39, 0.29) is 5.56 Å². The van der Waals surface area contributed by atoms with Gasteiger partial charge in [-0.05, 0) is 12.5 Å². The highest BCUT2D eigenvalue weighted by Gasteiger charge is 2.07. The van der Waals surface area contributed by atoms with Crippen molar-refractivity contribution in [3.63, 3.8) is 0 Å². The van der Waals surface area contributed by atoms with Crippen LogP contribution in [0.25, 0.3) is 0 Å². The first kappa shape index (κ1) is 13.8. The molecule has 0 spiro atoms. The molecular formula is C13H20O4. The Balaban J connectivity index is 2.07. The molecule has 0 fully saturated rings. The van der Waals surface area contributed by atoms with E-state index in [0.717, 1.165) is 6.42 Å². The average Bonchev–Trinajstić information content (AvgIpc) is 2.77. The maximum absolute atomic E-state index is 10.6. The van der Waals surface area contributed by atoms with E-state index < -0.39 is 5.97 Å². The van der Waals surface area contributed by atoms with Crippen molar-refractivity contribution in [3.8, 4) is 0 Å². The Labute approximate surface area is 102 Å². The fourth-order valence-corrected chi connectivity index (χ4v) is 1.55. The quantitative estimate of drug-likeness (QED) is 0.671. The van der Waals surface area contributed by atoms with Crippen LogP contribution in [0.1, 0.15) is 55.1 Å². The van der Waals surface area contributed by atoms with Gasteiger partial charge in [0.1, 0.15) is 18.6 Å². The van der Waals surface area contributed by atoms with Gasteiger partial charge in [-0.25, -0.2) is 4.79 Å². The van der Waals surface area contributed by atoms with Crippen molar-refractivity contribution in [3.05, 3.63) is 23.7 Å². The zero-order valence-corrected chi connectivity index (χ0v) is 10.3. The number of furan rings is 1. The first-order chi connectivity index (χ1) is 8.24. The molecule has 0 aliphatic heterocycles. The molecule has 0 aromatic carbocycles. The number of rotatable bonds is 9. The molecule has 4 heteroatoms. The highest BCUT2D eigenvalue weighted by Crippen LogP contribution is 2.09. The molecule has 17 heavy (non-hydrogen) atoms. The Morgan fingerprint density at radius 3 is 2.76 bits per heavy atom. The molecule has 0 amide bonds. The molecule has 0 aliphatic carbocycles. The SMILES string of the molecule is CCCCCCCOCc1cc(C(=O)O)co1. The van der Waals surface area contributed by atoms with Gasteiger partial charge in [-0.2, -0.15) is 0 Å². The number of ether oxygens (including phenoxy) is 1. The summed E-state index contributed by atoms with van der Waals surface area (Å²) < 4.78 is 10.5. The van der Waals surface area contributed by atoms with Gasteiger partial charge in [-0.1, -0.05) is 32.6 Å². The molecule has 0 bridgehead atoms. The van der Waals surface area contributed by atoms with Crippen LogP contribution in [0, 0.1) is 0 Å². The summed E-state index contributed by atoms with van der Waals surface area (Å²) in [4.78, 5) is 10.6. The summed E-state index contributed by atoms with van der Waals surface area (Å²) in [5.41, 5.74) is 0.173. The lowest BCUT2D eigenvalue weighted by molar-refractivity contribution is 0.0696. The van der Waals surface area contributed by atoms with E-state index in [1.807, 2.05) is 0 Å². The molecule has 0 radical (unpaired) electrons. The average molecular weight is 240 g/mol. The van der Waals surface area contributed by atoms with Crippen LogP contribution in [0.4, 0.5) is 0 Å². The fourth-order valence-electron chi connectivity index (χ4n) is 1.55. The third-order valence-electron chi connectivity index (χ3n) is 2.54. The number of unbranched alkanes of at least 4 members (excludes halogenated alkanes) is 4. The predicted octanol–water partition coefficient (Wildman–Crippen LogP) is 3.46. The maximum atomic E-state index is 10.6. The molecule has 0 saturated heterocycles. The van der Waals surface area contributed by atoms with Crippen LogP contribution in [0.15, 0.2) is 16.7 Å². The second kappa shape index (κ2) is 7.90. The van der Waals surface area contributed by atoms with E-state index in [0.29, 0.717) is 19.0 Å². The van der Waals surface area contributed by atoms with Gasteiger partial charge in [0.2, 0.25) is 0 Å². The molecule has 0 saturated carbocycles. The first-order valence-corrected chi connectivity index (χ1v) is 6.12. The van der Waals surface area contributed by atoms with E-state index in [9.17, 15) is 4.79 Å². The number of aromatic carboxylic acids is 1. The second-order valence-electron chi connectivity index (χ2n) is 4.07. The van der Waals surface area contributed by atoms with Crippen molar-refractivity contribution < 1.29 is 19.1 Å². The highest BCUT2D eigenvalue weighted by molar-refractivity contribution is 5.87. The summed E-state index contributed by atoms with van der Waals surface area (Å²) in [5, 5.41) is 8.69. The van der Waals surface area contributed by atoms with E-state index in [1.54, 1.807) is 0 Å². The normalized spacial score (nSPS) is 10.6. The van der Waals surface area contributed by atoms with Crippen molar-refractivity contribution in [2.24, 2.45) is 0 Å². The predicted molar refractivity (Wildman–Crippen MR) is 64.1 cm³/mol. The van der Waals surface area contributed by atoms with Crippen LogP contribution < -0.4 is 0 Å². The summed E-state index contributed by atoms with van der Waals surface area (Å²) in [6, 6.07) is 1.50. The minimum absolute atomic E-state index is 0.173. The smallest absolute Gasteiger partial charge is 0.338 e. The molecule has 1 rings (SSSR count). The van der Waals surface area contributed by atoms with Gasteiger partial charge in [0.25, 0.3) is 0 Å². The molecule has 0 aliphatic rings. The Bertz CT molecular complexity index is 330. The van der Waals surface area contributed by atoms with Crippen molar-refractivity contribution in [2.45, 2.75) is 45.6 Å². The zero-order chi connectivity index (χ0) is 12.5. The molecule has 96 valence electrons. The number of carboxylic acids is 1. The van der Waals surface area contributed by atoms with Gasteiger partial charge in [-0.15, -0.1) is 0 Å². The molecular weight excluding hydrogens is 220 g/mol. The monoisotopic (exact) mass is 240 g/mol. The Morgan fingerprint density at radius 2 is 2.12 bits per heavy atom. The summed E-state index contributed by atoms with van der Waals surface area (Å²) in [6.07, 6.45) is 7.25. The highest BCUT2D eigenvalue weighted by atomic mass is 16.5. The second-order valence-corrected chi connectivity index (χ2v) is 4.07. The molecule has 0 atom stereocenters. The summed E-state index contributed by atoms with van der Waals surface area (Å²) >= 11 is 0. The Morgan fingerprint density at radius 1 is 1.35 bits per heavy atom. The number of hydrogen-bond acceptors (Lipinski definition) is 3. The van der Waals surface area contributed by atoms with Crippen molar-refractivity contribution in [1.82, 2.24) is 0 Å². The van der Waals surface area contributed by atoms with Crippen LogP contribution in [-0.4, -0.2) is 17.7 Å². The molecule has 1 N–H and O–H groups in total. The number of carbonyl (C=O) groups is 1. The summed E-state index contributed by atoms with van der Waals surface area (Å²) in [7, 11) is 0. The van der Waals surface area contributed by atoms with Crippen molar-refractivity contribution in [2.75, 3.05) is 6.61 Å². The van der Waals surface area contributed by atoms with E-state index in [4.69, 9.17) is 14.3 Å². The third-order valence-corrected chi connectivity index (χ3v) is 2.54. The van der Waals surface area contributed by atoms with E-state index >= 15 is 0 Å². The summed E-state index contributed by atoms with van der Waals surface area (Å²) in [5.74, 6) is -0.407. The van der Waals surface area contributed by atoms with Gasteiger partial charge >= 0.3 is 5.97 Å². The van der Waals surface area contributed by atoms with Crippen LogP contribution in [0.2, 0.25) is 0 Å². The van der Waals surface area contributed by atoms with Crippen molar-refractivity contribution >= 4 is 5.97 Å². The number of carboxylic acid groups (broad SMARTS) is 1. The lowest BCUT2D eigenvalue weighted by Crippen LogP contribution is -1.95. The van der Waals surface area contributed by atoms with Crippen molar-refractivity contribution in [1.29, 1.82) is 0 Å². The molecule has 1 aromatic rings. The minimum atomic E-state index is -0.973. The Hall–Kier alpha value is -1.29. The molecule has 1 heterocycles. The first-order valence-electron chi connectivity index (χ1n) is 6.12. The Kier molecular flexibility index (Phi) is 6.40. The standard InChI is InChI=1S/C13H20O4/c1-2-3-4-5-6-7-16-10-12-8-11(9-17-12)13(14)15/h8-9H,2-7,10H2,1H3,(H,14,15). The number of hydrogen-bond donors (Lipinski definition) is 1. The van der Waals surface area contributed by atoms with E-state index in [1.165, 1.54) is 38.0 Å². The van der Waals surface area contributed by atoms with Crippen LogP contribution >= 0.6 is 0 Å². The van der Waals surface area contributed by atoms with Gasteiger partial charge < -0.3 is 14.3 Å². The van der Waals surface area contributed by atoms with Gasteiger partial charge in [0.15, 0.2) is 0 Å². The molecule has 4 nitrogen and oxygen atoms in total. The minimum Gasteiger partial charge on any atom is -0.478 e. The topological polar surface area (TPSA) is 59.7 Å².